The first kappa shape index (κ1) is 31.5. The van der Waals surface area contributed by atoms with Gasteiger partial charge in [0.1, 0.15) is 17.0 Å². The second-order valence-electron chi connectivity index (χ2n) is 10.2. The summed E-state index contributed by atoms with van der Waals surface area (Å²) >= 11 is 0. The van der Waals surface area contributed by atoms with E-state index in [9.17, 15) is 23.9 Å². The lowest BCUT2D eigenvalue weighted by atomic mass is 9.83. The number of ether oxygens (including phenoxy) is 2. The van der Waals surface area contributed by atoms with Gasteiger partial charge in [-0.15, -0.1) is 0 Å². The molecule has 0 heterocycles. The first-order chi connectivity index (χ1) is 19.6. The van der Waals surface area contributed by atoms with Crippen molar-refractivity contribution in [3.05, 3.63) is 94.6 Å². The van der Waals surface area contributed by atoms with Gasteiger partial charge in [-0.25, -0.2) is 8.78 Å². The van der Waals surface area contributed by atoms with Crippen molar-refractivity contribution < 1.29 is 28.2 Å². The van der Waals surface area contributed by atoms with Crippen LogP contribution in [0.4, 0.5) is 8.78 Å². The van der Waals surface area contributed by atoms with E-state index in [-0.39, 0.29) is 24.9 Å². The van der Waals surface area contributed by atoms with E-state index in [1.54, 1.807) is 18.2 Å². The third-order valence-corrected chi connectivity index (χ3v) is 6.99. The number of hydrogen-bond acceptors (Lipinski definition) is 6. The van der Waals surface area contributed by atoms with E-state index in [0.717, 1.165) is 30.2 Å². The van der Waals surface area contributed by atoms with Crippen molar-refractivity contribution in [1.82, 2.24) is 10.6 Å². The number of methoxy groups -OCH3 is 2. The van der Waals surface area contributed by atoms with Crippen LogP contribution >= 0.6 is 0 Å². The molecule has 7 nitrogen and oxygen atoms in total. The number of aryl methyl sites for hydroxylation is 1. The van der Waals surface area contributed by atoms with E-state index in [2.05, 4.69) is 29.7 Å². The molecule has 3 N–H and O–H groups in total. The number of carbonyl (C=O) groups excluding carboxylic acids is 1. The maximum absolute atomic E-state index is 13.9. The van der Waals surface area contributed by atoms with E-state index in [1.807, 2.05) is 18.2 Å². The SMILES string of the molecule is CCc1cccc(CNC[C@H](O)[C@H](Cc2cc(F)cc(F)c2)NC(=O)C(C)(C#N)Cc2ccc(OC)c(OC)c2)c1. The molecule has 3 aromatic carbocycles. The molecule has 0 aliphatic heterocycles. The highest BCUT2D eigenvalue weighted by Gasteiger charge is 2.36. The van der Waals surface area contributed by atoms with Crippen LogP contribution in [-0.4, -0.2) is 43.9 Å². The van der Waals surface area contributed by atoms with Crippen molar-refractivity contribution in [2.75, 3.05) is 20.8 Å². The van der Waals surface area contributed by atoms with Crippen molar-refractivity contribution in [2.24, 2.45) is 5.41 Å². The molecule has 0 fully saturated rings. The molecule has 0 saturated carbocycles. The van der Waals surface area contributed by atoms with Gasteiger partial charge >= 0.3 is 0 Å². The predicted octanol–water partition coefficient (Wildman–Crippen LogP) is 4.49. The van der Waals surface area contributed by atoms with Gasteiger partial charge in [0, 0.05) is 19.2 Å². The van der Waals surface area contributed by atoms with Gasteiger partial charge in [0.05, 0.1) is 32.4 Å². The third-order valence-electron chi connectivity index (χ3n) is 6.99. The summed E-state index contributed by atoms with van der Waals surface area (Å²) in [6.45, 7) is 4.15. The summed E-state index contributed by atoms with van der Waals surface area (Å²) in [5.74, 6) is -1.17. The Bertz CT molecular complexity index is 1360. The van der Waals surface area contributed by atoms with Crippen molar-refractivity contribution in [3.63, 3.8) is 0 Å². The number of hydrogen-bond donors (Lipinski definition) is 3. The van der Waals surface area contributed by atoms with Crippen LogP contribution in [-0.2, 0) is 30.6 Å². The minimum atomic E-state index is -1.52. The summed E-state index contributed by atoms with van der Waals surface area (Å²) in [4.78, 5) is 13.5. The molecule has 0 aliphatic rings. The Morgan fingerprint density at radius 2 is 1.66 bits per heavy atom. The first-order valence-corrected chi connectivity index (χ1v) is 13.5. The minimum Gasteiger partial charge on any atom is -0.493 e. The smallest absolute Gasteiger partial charge is 0.240 e. The number of amides is 1. The Hall–Kier alpha value is -4.00. The van der Waals surface area contributed by atoms with Crippen molar-refractivity contribution in [1.29, 1.82) is 5.26 Å². The Balaban J connectivity index is 1.78. The zero-order valence-electron chi connectivity index (χ0n) is 23.8. The zero-order valence-corrected chi connectivity index (χ0v) is 23.8. The van der Waals surface area contributed by atoms with Crippen molar-refractivity contribution in [2.45, 2.75) is 51.8 Å². The molecule has 0 saturated heterocycles. The number of carbonyl (C=O) groups is 1. The number of aliphatic hydroxyl groups is 1. The van der Waals surface area contributed by atoms with Gasteiger partial charge in [-0.05, 0) is 72.7 Å². The van der Waals surface area contributed by atoms with Gasteiger partial charge in [0.25, 0.3) is 0 Å². The van der Waals surface area contributed by atoms with E-state index >= 15 is 0 Å². The Kier molecular flexibility index (Phi) is 11.2. The van der Waals surface area contributed by atoms with E-state index in [1.165, 1.54) is 26.7 Å². The molecule has 0 spiro atoms. The highest BCUT2D eigenvalue weighted by molar-refractivity contribution is 5.85. The van der Waals surface area contributed by atoms with Crippen LogP contribution in [0.2, 0.25) is 0 Å². The third kappa shape index (κ3) is 8.74. The van der Waals surface area contributed by atoms with Crippen LogP contribution in [0.3, 0.4) is 0 Å². The summed E-state index contributed by atoms with van der Waals surface area (Å²) in [7, 11) is 3.01. The molecule has 3 rings (SSSR count). The fourth-order valence-electron chi connectivity index (χ4n) is 4.63. The monoisotopic (exact) mass is 565 g/mol. The molecule has 0 radical (unpaired) electrons. The molecule has 218 valence electrons. The lowest BCUT2D eigenvalue weighted by molar-refractivity contribution is -0.129. The molecule has 0 aliphatic carbocycles. The lowest BCUT2D eigenvalue weighted by Gasteiger charge is -2.29. The molecule has 1 unspecified atom stereocenters. The molecule has 0 aromatic heterocycles. The van der Waals surface area contributed by atoms with Gasteiger partial charge < -0.3 is 25.2 Å². The number of nitrogens with one attached hydrogen (secondary N) is 2. The number of benzene rings is 3. The molecule has 0 bridgehead atoms. The summed E-state index contributed by atoms with van der Waals surface area (Å²) in [5, 5.41) is 27.1. The van der Waals surface area contributed by atoms with Crippen LogP contribution in [0.15, 0.2) is 60.7 Å². The van der Waals surface area contributed by atoms with Gasteiger partial charge in [-0.3, -0.25) is 4.79 Å². The maximum atomic E-state index is 13.9. The molecular weight excluding hydrogens is 528 g/mol. The Morgan fingerprint density at radius 3 is 2.29 bits per heavy atom. The number of nitrogens with zero attached hydrogens (tertiary/aromatic N) is 1. The Labute approximate surface area is 240 Å². The highest BCUT2D eigenvalue weighted by atomic mass is 19.1. The lowest BCUT2D eigenvalue weighted by Crippen LogP contribution is -2.52. The normalized spacial score (nSPS) is 13.9. The maximum Gasteiger partial charge on any atom is 0.240 e. The standard InChI is InChI=1S/C32H37F2N3O4/c1-5-21-7-6-8-23(11-21)18-36-19-28(38)27(14-24-12-25(33)16-26(34)13-24)37-31(39)32(2,20-35)17-22-9-10-29(40-3)30(15-22)41-4/h6-13,15-16,27-28,36,38H,5,14,17-19H2,1-4H3,(H,37,39)/t27-,28-,32?/m0/s1. The number of aliphatic hydroxyl groups excluding tert-OH is 1. The second kappa shape index (κ2) is 14.6. The van der Waals surface area contributed by atoms with Gasteiger partial charge in [-0.2, -0.15) is 5.26 Å². The van der Waals surface area contributed by atoms with Crippen LogP contribution in [0.1, 0.15) is 36.1 Å². The predicted molar refractivity (Wildman–Crippen MR) is 152 cm³/mol. The summed E-state index contributed by atoms with van der Waals surface area (Å²) in [6, 6.07) is 17.4. The van der Waals surface area contributed by atoms with Crippen LogP contribution in [0.25, 0.3) is 0 Å². The fourth-order valence-corrected chi connectivity index (χ4v) is 4.63. The molecule has 1 amide bonds. The molecule has 41 heavy (non-hydrogen) atoms. The highest BCUT2D eigenvalue weighted by Crippen LogP contribution is 2.31. The number of halogens is 2. The largest absolute Gasteiger partial charge is 0.493 e. The first-order valence-electron chi connectivity index (χ1n) is 13.5. The topological polar surface area (TPSA) is 104 Å². The fraction of sp³-hybridized carbons (Fsp3) is 0.375. The zero-order chi connectivity index (χ0) is 30.0. The molecule has 3 aromatic rings. The van der Waals surface area contributed by atoms with E-state index < -0.39 is 35.1 Å². The summed E-state index contributed by atoms with van der Waals surface area (Å²) < 4.78 is 38.5. The molecular formula is C32H37F2N3O4. The summed E-state index contributed by atoms with van der Waals surface area (Å²) in [6.07, 6.45) is -0.218. The van der Waals surface area contributed by atoms with Gasteiger partial charge in [0.2, 0.25) is 5.91 Å². The molecule has 3 atom stereocenters. The number of rotatable bonds is 14. The molecule has 9 heteroatoms. The van der Waals surface area contributed by atoms with Crippen LogP contribution < -0.4 is 20.1 Å². The average Bonchev–Trinajstić information content (AvgIpc) is 2.96. The quantitative estimate of drug-likeness (QED) is 0.266. The number of nitriles is 1. The second-order valence-corrected chi connectivity index (χ2v) is 10.2. The van der Waals surface area contributed by atoms with Crippen molar-refractivity contribution in [3.8, 4) is 17.6 Å². The van der Waals surface area contributed by atoms with Crippen LogP contribution in [0.5, 0.6) is 11.5 Å². The van der Waals surface area contributed by atoms with Gasteiger partial charge in [0.15, 0.2) is 11.5 Å². The average molecular weight is 566 g/mol. The minimum absolute atomic E-state index is 0.0492. The van der Waals surface area contributed by atoms with Crippen molar-refractivity contribution >= 4 is 5.91 Å². The van der Waals surface area contributed by atoms with E-state index in [4.69, 9.17) is 9.47 Å². The Morgan fingerprint density at radius 1 is 0.976 bits per heavy atom. The van der Waals surface area contributed by atoms with Gasteiger partial charge in [-0.1, -0.05) is 37.3 Å². The van der Waals surface area contributed by atoms with Crippen LogP contribution in [0, 0.1) is 28.4 Å². The summed E-state index contributed by atoms with van der Waals surface area (Å²) in [5.41, 5.74) is 1.64. The van der Waals surface area contributed by atoms with E-state index in [0.29, 0.717) is 23.6 Å².